The van der Waals surface area contributed by atoms with E-state index < -0.39 is 6.09 Å². The fourth-order valence-electron chi connectivity index (χ4n) is 1.46. The highest BCUT2D eigenvalue weighted by atomic mass is 16.5. The van der Waals surface area contributed by atoms with Crippen LogP contribution in [-0.2, 0) is 11.3 Å². The molecule has 0 aliphatic heterocycles. The van der Waals surface area contributed by atoms with Gasteiger partial charge < -0.3 is 4.74 Å². The van der Waals surface area contributed by atoms with Crippen molar-refractivity contribution < 1.29 is 9.53 Å². The lowest BCUT2D eigenvalue weighted by Gasteiger charge is -2.00. The number of amides is 1. The summed E-state index contributed by atoms with van der Waals surface area (Å²) in [6.45, 7) is 2.18. The zero-order chi connectivity index (χ0) is 13.5. The average molecular weight is 254 g/mol. The fourth-order valence-corrected chi connectivity index (χ4v) is 1.46. The zero-order valence-corrected chi connectivity index (χ0v) is 10.6. The van der Waals surface area contributed by atoms with Crippen molar-refractivity contribution in [3.63, 3.8) is 0 Å². The van der Waals surface area contributed by atoms with Crippen LogP contribution in [0, 0.1) is 6.92 Å². The van der Waals surface area contributed by atoms with Crippen LogP contribution in [0.15, 0.2) is 64.8 Å². The molecule has 0 aliphatic carbocycles. The van der Waals surface area contributed by atoms with Crippen LogP contribution < -0.4 is 0 Å². The van der Waals surface area contributed by atoms with Crippen LogP contribution in [0.5, 0.6) is 0 Å². The Bertz CT molecular complexity index is 562. The predicted octanol–water partition coefficient (Wildman–Crippen LogP) is 4.42. The van der Waals surface area contributed by atoms with Gasteiger partial charge in [-0.1, -0.05) is 53.1 Å². The van der Waals surface area contributed by atoms with Crippen molar-refractivity contribution in [1.29, 1.82) is 0 Å². The normalized spacial score (nSPS) is 10.6. The molecule has 0 saturated carbocycles. The molecule has 96 valence electrons. The first-order chi connectivity index (χ1) is 9.24. The molecule has 4 heteroatoms. The summed E-state index contributed by atoms with van der Waals surface area (Å²) in [5.41, 5.74) is 2.68. The summed E-state index contributed by atoms with van der Waals surface area (Å²) in [6, 6.07) is 16.8. The molecule has 2 rings (SSSR count). The smallest absolute Gasteiger partial charge is 0.442 e. The molecule has 0 unspecified atom stereocenters. The Morgan fingerprint density at radius 1 is 1.05 bits per heavy atom. The minimum Gasteiger partial charge on any atom is -0.442 e. The molecule has 0 heterocycles. The van der Waals surface area contributed by atoms with Crippen molar-refractivity contribution in [2.24, 2.45) is 10.2 Å². The molecule has 2 aromatic rings. The summed E-state index contributed by atoms with van der Waals surface area (Å²) in [6.07, 6.45) is -0.690. The lowest BCUT2D eigenvalue weighted by molar-refractivity contribution is 0.149. The molecule has 4 nitrogen and oxygen atoms in total. The highest BCUT2D eigenvalue weighted by Crippen LogP contribution is 2.13. The van der Waals surface area contributed by atoms with E-state index in [1.54, 1.807) is 12.1 Å². The second kappa shape index (κ2) is 6.44. The summed E-state index contributed by atoms with van der Waals surface area (Å²) >= 11 is 0. The van der Waals surface area contributed by atoms with E-state index in [4.69, 9.17) is 4.74 Å². The molecule has 0 N–H and O–H groups in total. The van der Waals surface area contributed by atoms with Crippen molar-refractivity contribution in [2.45, 2.75) is 13.5 Å². The lowest BCUT2D eigenvalue weighted by Crippen LogP contribution is -1.98. The monoisotopic (exact) mass is 254 g/mol. The first-order valence-corrected chi connectivity index (χ1v) is 5.93. The quantitative estimate of drug-likeness (QED) is 0.761. The second-order valence-electron chi connectivity index (χ2n) is 4.08. The van der Waals surface area contributed by atoms with Gasteiger partial charge in [-0.15, -0.1) is 5.11 Å². The van der Waals surface area contributed by atoms with Gasteiger partial charge >= 0.3 is 6.09 Å². The standard InChI is InChI=1S/C15H14N2O2/c1-12-7-9-14(10-8-12)16-17-15(18)19-11-13-5-3-2-4-6-13/h2-10H,11H2,1H3. The Kier molecular flexibility index (Phi) is 4.39. The number of ether oxygens (including phenoxy) is 1. The molecular weight excluding hydrogens is 240 g/mol. The number of hydrogen-bond donors (Lipinski definition) is 0. The molecule has 2 aromatic carbocycles. The van der Waals surface area contributed by atoms with Gasteiger partial charge in [0.1, 0.15) is 6.61 Å². The minimum absolute atomic E-state index is 0.201. The Morgan fingerprint density at radius 2 is 1.74 bits per heavy atom. The molecule has 1 amide bonds. The SMILES string of the molecule is Cc1ccc(N=NC(=O)OCc2ccccc2)cc1. The van der Waals surface area contributed by atoms with Crippen molar-refractivity contribution in [1.82, 2.24) is 0 Å². The lowest BCUT2D eigenvalue weighted by atomic mass is 10.2. The maximum absolute atomic E-state index is 11.4. The third-order valence-electron chi connectivity index (χ3n) is 2.49. The average Bonchev–Trinajstić information content (AvgIpc) is 2.45. The number of aryl methyl sites for hydroxylation is 1. The third kappa shape index (κ3) is 4.35. The molecule has 0 atom stereocenters. The van der Waals surface area contributed by atoms with Crippen LogP contribution in [-0.4, -0.2) is 6.09 Å². The van der Waals surface area contributed by atoms with Gasteiger partial charge in [0.15, 0.2) is 0 Å². The molecule has 0 bridgehead atoms. The summed E-state index contributed by atoms with van der Waals surface area (Å²) in [5.74, 6) is 0. The van der Waals surface area contributed by atoms with E-state index in [0.29, 0.717) is 5.69 Å². The number of benzene rings is 2. The van der Waals surface area contributed by atoms with Crippen molar-refractivity contribution in [3.8, 4) is 0 Å². The number of carbonyl (C=O) groups is 1. The predicted molar refractivity (Wildman–Crippen MR) is 72.3 cm³/mol. The summed E-state index contributed by atoms with van der Waals surface area (Å²) in [5, 5.41) is 7.31. The van der Waals surface area contributed by atoms with Gasteiger partial charge in [-0.3, -0.25) is 0 Å². The van der Waals surface area contributed by atoms with Crippen LogP contribution in [0.3, 0.4) is 0 Å². The number of nitrogens with zero attached hydrogens (tertiary/aromatic N) is 2. The van der Waals surface area contributed by atoms with E-state index in [0.717, 1.165) is 11.1 Å². The number of rotatable bonds is 3. The van der Waals surface area contributed by atoms with E-state index in [2.05, 4.69) is 10.2 Å². The van der Waals surface area contributed by atoms with Crippen molar-refractivity contribution >= 4 is 11.8 Å². The van der Waals surface area contributed by atoms with Crippen LogP contribution in [0.2, 0.25) is 0 Å². The Hall–Kier alpha value is -2.49. The molecule has 0 aliphatic rings. The maximum Gasteiger partial charge on any atom is 0.452 e. The second-order valence-corrected chi connectivity index (χ2v) is 4.08. The van der Waals surface area contributed by atoms with E-state index >= 15 is 0 Å². The van der Waals surface area contributed by atoms with Crippen LogP contribution in [0.4, 0.5) is 10.5 Å². The number of hydrogen-bond acceptors (Lipinski definition) is 3. The van der Waals surface area contributed by atoms with Gasteiger partial charge in [0.2, 0.25) is 0 Å². The van der Waals surface area contributed by atoms with E-state index in [9.17, 15) is 4.79 Å². The topological polar surface area (TPSA) is 51.0 Å². The van der Waals surface area contributed by atoms with Gasteiger partial charge in [0.25, 0.3) is 0 Å². The molecule has 19 heavy (non-hydrogen) atoms. The van der Waals surface area contributed by atoms with Crippen LogP contribution >= 0.6 is 0 Å². The van der Waals surface area contributed by atoms with Crippen molar-refractivity contribution in [2.75, 3.05) is 0 Å². The van der Waals surface area contributed by atoms with Crippen molar-refractivity contribution in [3.05, 3.63) is 65.7 Å². The summed E-state index contributed by atoms with van der Waals surface area (Å²) < 4.78 is 4.97. The van der Waals surface area contributed by atoms with Gasteiger partial charge in [-0.05, 0) is 24.6 Å². The fraction of sp³-hybridized carbons (Fsp3) is 0.133. The van der Waals surface area contributed by atoms with E-state index in [-0.39, 0.29) is 6.61 Å². The highest BCUT2D eigenvalue weighted by molar-refractivity contribution is 5.67. The van der Waals surface area contributed by atoms with E-state index in [1.807, 2.05) is 49.4 Å². The van der Waals surface area contributed by atoms with Gasteiger partial charge in [-0.2, -0.15) is 0 Å². The van der Waals surface area contributed by atoms with Gasteiger partial charge in [0.05, 0.1) is 5.69 Å². The summed E-state index contributed by atoms with van der Waals surface area (Å²) in [7, 11) is 0. The van der Waals surface area contributed by atoms with Crippen LogP contribution in [0.1, 0.15) is 11.1 Å². The highest BCUT2D eigenvalue weighted by Gasteiger charge is 2.00. The molecule has 0 radical (unpaired) electrons. The third-order valence-corrected chi connectivity index (χ3v) is 2.49. The maximum atomic E-state index is 11.4. The van der Waals surface area contributed by atoms with Gasteiger partial charge in [0, 0.05) is 0 Å². The largest absolute Gasteiger partial charge is 0.452 e. The molecule has 0 saturated heterocycles. The molecule has 0 aromatic heterocycles. The number of azo groups is 1. The Balaban J connectivity index is 1.86. The van der Waals surface area contributed by atoms with Crippen LogP contribution in [0.25, 0.3) is 0 Å². The first kappa shape index (κ1) is 13.0. The minimum atomic E-state index is -0.690. The molecular formula is C15H14N2O2. The molecule has 0 fully saturated rings. The summed E-state index contributed by atoms with van der Waals surface area (Å²) in [4.78, 5) is 11.4. The Labute approximate surface area is 111 Å². The molecule has 0 spiro atoms. The zero-order valence-electron chi connectivity index (χ0n) is 10.6. The van der Waals surface area contributed by atoms with Gasteiger partial charge in [-0.25, -0.2) is 4.79 Å². The first-order valence-electron chi connectivity index (χ1n) is 5.93. The number of carbonyl (C=O) groups excluding carboxylic acids is 1. The van der Waals surface area contributed by atoms with E-state index in [1.165, 1.54) is 0 Å². The Morgan fingerprint density at radius 3 is 2.42 bits per heavy atom.